The molecule has 0 aliphatic heterocycles. The van der Waals surface area contributed by atoms with E-state index in [0.29, 0.717) is 0 Å². The first kappa shape index (κ1) is 15.6. The molecular formula is C20H32. The van der Waals surface area contributed by atoms with Crippen LogP contribution in [0.5, 0.6) is 0 Å². The highest BCUT2D eigenvalue weighted by molar-refractivity contribution is 5.23. The van der Waals surface area contributed by atoms with E-state index in [2.05, 4.69) is 45.0 Å². The predicted octanol–water partition coefficient (Wildman–Crippen LogP) is 6.03. The van der Waals surface area contributed by atoms with Crippen molar-refractivity contribution in [1.29, 1.82) is 0 Å². The first-order valence-corrected chi connectivity index (χ1v) is 8.71. The average Bonchev–Trinajstić information content (AvgIpc) is 2.45. The van der Waals surface area contributed by atoms with E-state index < -0.39 is 0 Å². The van der Waals surface area contributed by atoms with Crippen LogP contribution in [0.15, 0.2) is 24.3 Å². The normalized spacial score (nSPS) is 23.2. The molecule has 0 amide bonds. The molecule has 0 heteroatoms. The van der Waals surface area contributed by atoms with Crippen molar-refractivity contribution in [3.05, 3.63) is 35.4 Å². The number of rotatable bonds is 6. The van der Waals surface area contributed by atoms with Crippen LogP contribution >= 0.6 is 0 Å². The van der Waals surface area contributed by atoms with Gasteiger partial charge in [0.15, 0.2) is 0 Å². The molecule has 0 aromatic heterocycles. The van der Waals surface area contributed by atoms with Gasteiger partial charge in [-0.15, -0.1) is 0 Å². The maximum Gasteiger partial charge on any atom is -0.0276 e. The number of hydrogen-bond acceptors (Lipinski definition) is 0. The van der Waals surface area contributed by atoms with Gasteiger partial charge in [0.2, 0.25) is 0 Å². The Kier molecular flexibility index (Phi) is 6.13. The van der Waals surface area contributed by atoms with E-state index in [9.17, 15) is 0 Å². The lowest BCUT2D eigenvalue weighted by Crippen LogP contribution is -2.12. The third-order valence-electron chi connectivity index (χ3n) is 4.98. The molecule has 0 spiro atoms. The SMILES string of the molecule is CC(C)CCc1cccc(CCC2CCC(C)CC2)c1. The third-order valence-corrected chi connectivity index (χ3v) is 4.98. The summed E-state index contributed by atoms with van der Waals surface area (Å²) < 4.78 is 0. The summed E-state index contributed by atoms with van der Waals surface area (Å²) in [5.41, 5.74) is 3.10. The van der Waals surface area contributed by atoms with Gasteiger partial charge in [-0.3, -0.25) is 0 Å². The maximum atomic E-state index is 2.45. The zero-order valence-electron chi connectivity index (χ0n) is 13.7. The summed E-state index contributed by atoms with van der Waals surface area (Å²) in [5, 5.41) is 0. The number of aryl methyl sites for hydroxylation is 2. The zero-order valence-corrected chi connectivity index (χ0v) is 13.7. The third kappa shape index (κ3) is 5.31. The standard InChI is InChI=1S/C20H32/c1-16(2)7-10-19-5-4-6-20(15-19)14-13-18-11-8-17(3)9-12-18/h4-6,15-18H,7-14H2,1-3H3. The molecule has 112 valence electrons. The molecule has 0 unspecified atom stereocenters. The summed E-state index contributed by atoms with van der Waals surface area (Å²) in [7, 11) is 0. The van der Waals surface area contributed by atoms with Crippen molar-refractivity contribution in [1.82, 2.24) is 0 Å². The van der Waals surface area contributed by atoms with Crippen molar-refractivity contribution < 1.29 is 0 Å². The van der Waals surface area contributed by atoms with Crippen LogP contribution in [0.25, 0.3) is 0 Å². The molecule has 1 aromatic rings. The molecule has 0 bridgehead atoms. The molecule has 0 nitrogen and oxygen atoms in total. The van der Waals surface area contributed by atoms with Crippen LogP contribution in [0, 0.1) is 17.8 Å². The lowest BCUT2D eigenvalue weighted by atomic mass is 9.80. The first-order valence-electron chi connectivity index (χ1n) is 8.71. The summed E-state index contributed by atoms with van der Waals surface area (Å²) in [5.74, 6) is 2.78. The van der Waals surface area contributed by atoms with Crippen molar-refractivity contribution >= 4 is 0 Å². The second-order valence-corrected chi connectivity index (χ2v) is 7.42. The Bertz CT molecular complexity index is 383. The predicted molar refractivity (Wildman–Crippen MR) is 89.0 cm³/mol. The molecule has 0 saturated heterocycles. The van der Waals surface area contributed by atoms with Gasteiger partial charge in [0.05, 0.1) is 0 Å². The molecular weight excluding hydrogens is 240 g/mol. The Hall–Kier alpha value is -0.780. The quantitative estimate of drug-likeness (QED) is 0.592. The van der Waals surface area contributed by atoms with Crippen molar-refractivity contribution in [3.8, 4) is 0 Å². The van der Waals surface area contributed by atoms with Gasteiger partial charge in [0.1, 0.15) is 0 Å². The maximum absolute atomic E-state index is 2.45. The minimum absolute atomic E-state index is 0.808. The molecule has 1 aliphatic rings. The van der Waals surface area contributed by atoms with Crippen LogP contribution in [0.2, 0.25) is 0 Å². The highest BCUT2D eigenvalue weighted by atomic mass is 14.2. The molecule has 1 fully saturated rings. The van der Waals surface area contributed by atoms with Gasteiger partial charge < -0.3 is 0 Å². The zero-order chi connectivity index (χ0) is 14.4. The van der Waals surface area contributed by atoms with Crippen molar-refractivity contribution in [2.24, 2.45) is 17.8 Å². The monoisotopic (exact) mass is 272 g/mol. The van der Waals surface area contributed by atoms with E-state index in [1.807, 2.05) is 0 Å². The van der Waals surface area contributed by atoms with Crippen molar-refractivity contribution in [3.63, 3.8) is 0 Å². The first-order chi connectivity index (χ1) is 9.63. The lowest BCUT2D eigenvalue weighted by molar-refractivity contribution is 0.278. The van der Waals surface area contributed by atoms with Crippen molar-refractivity contribution in [2.45, 2.75) is 72.1 Å². The highest BCUT2D eigenvalue weighted by Gasteiger charge is 2.17. The minimum atomic E-state index is 0.808. The lowest BCUT2D eigenvalue weighted by Gasteiger charge is -2.26. The molecule has 0 radical (unpaired) electrons. The Labute approximate surface area is 126 Å². The Morgan fingerprint density at radius 1 is 1.00 bits per heavy atom. The van der Waals surface area contributed by atoms with Crippen LogP contribution < -0.4 is 0 Å². The largest absolute Gasteiger partial charge is 0.0628 e. The fourth-order valence-electron chi connectivity index (χ4n) is 3.38. The smallest absolute Gasteiger partial charge is 0.0276 e. The fraction of sp³-hybridized carbons (Fsp3) is 0.700. The number of hydrogen-bond donors (Lipinski definition) is 0. The van der Waals surface area contributed by atoms with Crippen LogP contribution in [0.3, 0.4) is 0 Å². The van der Waals surface area contributed by atoms with Gasteiger partial charge in [-0.05, 0) is 54.6 Å². The topological polar surface area (TPSA) is 0 Å². The van der Waals surface area contributed by atoms with Gasteiger partial charge in [-0.2, -0.15) is 0 Å². The second kappa shape index (κ2) is 7.86. The minimum Gasteiger partial charge on any atom is -0.0628 e. The van der Waals surface area contributed by atoms with Gasteiger partial charge >= 0.3 is 0 Å². The van der Waals surface area contributed by atoms with E-state index in [-0.39, 0.29) is 0 Å². The molecule has 0 atom stereocenters. The summed E-state index contributed by atoms with van der Waals surface area (Å²) in [6.45, 7) is 7.04. The van der Waals surface area contributed by atoms with E-state index in [1.54, 1.807) is 5.56 Å². The van der Waals surface area contributed by atoms with E-state index in [0.717, 1.165) is 17.8 Å². The fourth-order valence-corrected chi connectivity index (χ4v) is 3.38. The molecule has 1 aromatic carbocycles. The Balaban J connectivity index is 1.79. The molecule has 20 heavy (non-hydrogen) atoms. The average molecular weight is 272 g/mol. The van der Waals surface area contributed by atoms with Gasteiger partial charge in [-0.25, -0.2) is 0 Å². The van der Waals surface area contributed by atoms with Crippen LogP contribution in [0.4, 0.5) is 0 Å². The molecule has 0 heterocycles. The van der Waals surface area contributed by atoms with Crippen LogP contribution in [-0.4, -0.2) is 0 Å². The van der Waals surface area contributed by atoms with Crippen LogP contribution in [0.1, 0.15) is 70.4 Å². The number of benzene rings is 1. The molecule has 0 N–H and O–H groups in total. The molecule has 1 saturated carbocycles. The van der Waals surface area contributed by atoms with Gasteiger partial charge in [0.25, 0.3) is 0 Å². The molecule has 2 rings (SSSR count). The van der Waals surface area contributed by atoms with Crippen molar-refractivity contribution in [2.75, 3.05) is 0 Å². The molecule has 1 aliphatic carbocycles. The van der Waals surface area contributed by atoms with Gasteiger partial charge in [0, 0.05) is 0 Å². The van der Waals surface area contributed by atoms with E-state index in [4.69, 9.17) is 0 Å². The summed E-state index contributed by atoms with van der Waals surface area (Å²) in [6.07, 6.45) is 11.1. The van der Waals surface area contributed by atoms with E-state index in [1.165, 1.54) is 56.9 Å². The highest BCUT2D eigenvalue weighted by Crippen LogP contribution is 2.31. The summed E-state index contributed by atoms with van der Waals surface area (Å²) in [6, 6.07) is 9.33. The Morgan fingerprint density at radius 2 is 1.65 bits per heavy atom. The summed E-state index contributed by atoms with van der Waals surface area (Å²) >= 11 is 0. The van der Waals surface area contributed by atoms with Gasteiger partial charge in [-0.1, -0.05) is 70.7 Å². The Morgan fingerprint density at radius 3 is 2.30 bits per heavy atom. The van der Waals surface area contributed by atoms with Crippen LogP contribution in [-0.2, 0) is 12.8 Å². The summed E-state index contributed by atoms with van der Waals surface area (Å²) in [4.78, 5) is 0. The van der Waals surface area contributed by atoms with E-state index >= 15 is 0 Å². The second-order valence-electron chi connectivity index (χ2n) is 7.42.